The van der Waals surface area contributed by atoms with Crippen LogP contribution in [-0.2, 0) is 6.42 Å². The summed E-state index contributed by atoms with van der Waals surface area (Å²) in [6, 6.07) is 0. The predicted molar refractivity (Wildman–Crippen MR) is 64.0 cm³/mol. The quantitative estimate of drug-likeness (QED) is 0.664. The van der Waals surface area contributed by atoms with Gasteiger partial charge >= 0.3 is 0 Å². The second-order valence-corrected chi connectivity index (χ2v) is 4.20. The summed E-state index contributed by atoms with van der Waals surface area (Å²) in [4.78, 5) is 8.86. The van der Waals surface area contributed by atoms with Crippen LogP contribution in [0.3, 0.4) is 0 Å². The Morgan fingerprint density at radius 3 is 2.40 bits per heavy atom. The summed E-state index contributed by atoms with van der Waals surface area (Å²) < 4.78 is 0. The molecule has 1 rings (SSSR count). The Balaban J connectivity index is 2.28. The second kappa shape index (κ2) is 6.54. The van der Waals surface area contributed by atoms with Gasteiger partial charge in [-0.25, -0.2) is 0 Å². The predicted octanol–water partition coefficient (Wildman–Crippen LogP) is 3.61. The first-order valence-corrected chi connectivity index (χ1v) is 6.03. The zero-order chi connectivity index (χ0) is 11.1. The molecule has 2 heteroatoms. The van der Waals surface area contributed by atoms with Crippen molar-refractivity contribution < 1.29 is 0 Å². The molecule has 0 bridgehead atoms. The van der Waals surface area contributed by atoms with Crippen LogP contribution < -0.4 is 0 Å². The number of rotatable bonds is 6. The van der Waals surface area contributed by atoms with Gasteiger partial charge in [0.05, 0.1) is 17.1 Å². The van der Waals surface area contributed by atoms with E-state index in [-0.39, 0.29) is 0 Å². The number of unbranched alkanes of at least 4 members (excludes halogenated alkanes) is 4. The lowest BCUT2D eigenvalue weighted by Gasteiger charge is -2.03. The molecule has 0 aliphatic carbocycles. The van der Waals surface area contributed by atoms with Crippen LogP contribution in [0, 0.1) is 13.8 Å². The first kappa shape index (κ1) is 12.2. The number of aryl methyl sites for hydroxylation is 3. The SMILES string of the molecule is CCCCCCCc1cnc(C)c(C)n1. The fourth-order valence-corrected chi connectivity index (χ4v) is 1.62. The zero-order valence-electron chi connectivity index (χ0n) is 10.2. The van der Waals surface area contributed by atoms with Crippen LogP contribution in [0.1, 0.15) is 56.1 Å². The summed E-state index contributed by atoms with van der Waals surface area (Å²) in [6.07, 6.45) is 9.59. The lowest BCUT2D eigenvalue weighted by molar-refractivity contribution is 0.626. The van der Waals surface area contributed by atoms with Crippen molar-refractivity contribution in [1.29, 1.82) is 0 Å². The largest absolute Gasteiger partial charge is 0.258 e. The molecular weight excluding hydrogens is 184 g/mol. The van der Waals surface area contributed by atoms with E-state index < -0.39 is 0 Å². The van der Waals surface area contributed by atoms with Crippen molar-refractivity contribution in [2.24, 2.45) is 0 Å². The van der Waals surface area contributed by atoms with Gasteiger partial charge in [-0.3, -0.25) is 9.97 Å². The molecule has 2 nitrogen and oxygen atoms in total. The summed E-state index contributed by atoms with van der Waals surface area (Å²) in [5, 5.41) is 0. The Kier molecular flexibility index (Phi) is 5.30. The third kappa shape index (κ3) is 4.41. The van der Waals surface area contributed by atoms with Gasteiger partial charge in [-0.2, -0.15) is 0 Å². The smallest absolute Gasteiger partial charge is 0.0590 e. The first-order chi connectivity index (χ1) is 7.24. The summed E-state index contributed by atoms with van der Waals surface area (Å²) in [6.45, 7) is 6.28. The van der Waals surface area contributed by atoms with E-state index in [2.05, 4.69) is 16.9 Å². The van der Waals surface area contributed by atoms with E-state index in [4.69, 9.17) is 0 Å². The Morgan fingerprint density at radius 1 is 1.00 bits per heavy atom. The van der Waals surface area contributed by atoms with E-state index in [1.54, 1.807) is 0 Å². The van der Waals surface area contributed by atoms with E-state index >= 15 is 0 Å². The molecule has 1 aromatic heterocycles. The van der Waals surface area contributed by atoms with Crippen LogP contribution >= 0.6 is 0 Å². The van der Waals surface area contributed by atoms with Crippen molar-refractivity contribution in [3.63, 3.8) is 0 Å². The second-order valence-electron chi connectivity index (χ2n) is 4.20. The van der Waals surface area contributed by atoms with E-state index in [0.717, 1.165) is 23.5 Å². The van der Waals surface area contributed by atoms with Crippen molar-refractivity contribution >= 4 is 0 Å². The standard InChI is InChI=1S/C13H22N2/c1-4-5-6-7-8-9-13-10-14-11(2)12(3)15-13/h10H,4-9H2,1-3H3. The van der Waals surface area contributed by atoms with E-state index in [9.17, 15) is 0 Å². The fourth-order valence-electron chi connectivity index (χ4n) is 1.62. The fraction of sp³-hybridized carbons (Fsp3) is 0.692. The summed E-state index contributed by atoms with van der Waals surface area (Å²) in [5.41, 5.74) is 3.26. The van der Waals surface area contributed by atoms with Gasteiger partial charge in [0, 0.05) is 6.20 Å². The lowest BCUT2D eigenvalue weighted by atomic mass is 10.1. The van der Waals surface area contributed by atoms with E-state index in [0.29, 0.717) is 0 Å². The molecule has 0 atom stereocenters. The first-order valence-electron chi connectivity index (χ1n) is 6.03. The molecule has 1 aromatic rings. The maximum atomic E-state index is 4.53. The Hall–Kier alpha value is -0.920. The van der Waals surface area contributed by atoms with Crippen LogP contribution in [0.2, 0.25) is 0 Å². The Morgan fingerprint density at radius 2 is 1.73 bits per heavy atom. The van der Waals surface area contributed by atoms with Crippen LogP contribution in [0.25, 0.3) is 0 Å². The minimum absolute atomic E-state index is 1.05. The number of hydrogen-bond acceptors (Lipinski definition) is 2. The van der Waals surface area contributed by atoms with Crippen molar-refractivity contribution in [3.8, 4) is 0 Å². The van der Waals surface area contributed by atoms with E-state index in [1.807, 2.05) is 20.0 Å². The lowest BCUT2D eigenvalue weighted by Crippen LogP contribution is -1.97. The normalized spacial score (nSPS) is 10.6. The van der Waals surface area contributed by atoms with Gasteiger partial charge < -0.3 is 0 Å². The number of hydrogen-bond donors (Lipinski definition) is 0. The minimum Gasteiger partial charge on any atom is -0.258 e. The van der Waals surface area contributed by atoms with E-state index in [1.165, 1.54) is 32.1 Å². The average Bonchev–Trinajstić information content (AvgIpc) is 2.23. The van der Waals surface area contributed by atoms with Gasteiger partial charge in [0.2, 0.25) is 0 Å². The van der Waals surface area contributed by atoms with Gasteiger partial charge in [-0.1, -0.05) is 32.6 Å². The molecule has 0 N–H and O–H groups in total. The minimum atomic E-state index is 1.05. The molecular formula is C13H22N2. The van der Waals surface area contributed by atoms with Crippen LogP contribution in [0.15, 0.2) is 6.20 Å². The molecule has 0 fully saturated rings. The summed E-state index contributed by atoms with van der Waals surface area (Å²) in [7, 11) is 0. The van der Waals surface area contributed by atoms with Crippen molar-refractivity contribution in [1.82, 2.24) is 9.97 Å². The van der Waals surface area contributed by atoms with Crippen molar-refractivity contribution in [2.45, 2.75) is 59.3 Å². The zero-order valence-corrected chi connectivity index (χ0v) is 10.2. The van der Waals surface area contributed by atoms with Crippen molar-refractivity contribution in [3.05, 3.63) is 23.3 Å². The van der Waals surface area contributed by atoms with Crippen LogP contribution in [0.4, 0.5) is 0 Å². The van der Waals surface area contributed by atoms with Crippen LogP contribution in [-0.4, -0.2) is 9.97 Å². The van der Waals surface area contributed by atoms with Gasteiger partial charge in [0.25, 0.3) is 0 Å². The molecule has 0 amide bonds. The molecule has 1 heterocycles. The van der Waals surface area contributed by atoms with Gasteiger partial charge in [0.15, 0.2) is 0 Å². The van der Waals surface area contributed by atoms with Gasteiger partial charge in [-0.15, -0.1) is 0 Å². The Labute approximate surface area is 93.2 Å². The van der Waals surface area contributed by atoms with Gasteiger partial charge in [-0.05, 0) is 26.7 Å². The molecule has 0 saturated carbocycles. The molecule has 0 aromatic carbocycles. The maximum absolute atomic E-state index is 4.53. The molecule has 0 saturated heterocycles. The molecule has 0 radical (unpaired) electrons. The molecule has 15 heavy (non-hydrogen) atoms. The highest BCUT2D eigenvalue weighted by molar-refractivity contribution is 5.10. The molecule has 0 unspecified atom stereocenters. The number of nitrogens with zero attached hydrogens (tertiary/aromatic N) is 2. The third-order valence-corrected chi connectivity index (χ3v) is 2.78. The highest BCUT2D eigenvalue weighted by Gasteiger charge is 1.99. The van der Waals surface area contributed by atoms with Crippen LogP contribution in [0.5, 0.6) is 0 Å². The topological polar surface area (TPSA) is 25.8 Å². The monoisotopic (exact) mass is 206 g/mol. The average molecular weight is 206 g/mol. The molecule has 0 aliphatic heterocycles. The summed E-state index contributed by atoms with van der Waals surface area (Å²) in [5.74, 6) is 0. The summed E-state index contributed by atoms with van der Waals surface area (Å²) >= 11 is 0. The maximum Gasteiger partial charge on any atom is 0.0590 e. The number of aromatic nitrogens is 2. The van der Waals surface area contributed by atoms with Crippen molar-refractivity contribution in [2.75, 3.05) is 0 Å². The third-order valence-electron chi connectivity index (χ3n) is 2.78. The molecule has 0 spiro atoms. The highest BCUT2D eigenvalue weighted by atomic mass is 14.8. The Bertz CT molecular complexity index is 295. The van der Waals surface area contributed by atoms with Gasteiger partial charge in [0.1, 0.15) is 0 Å². The molecule has 84 valence electrons. The molecule has 0 aliphatic rings. The highest BCUT2D eigenvalue weighted by Crippen LogP contribution is 2.08.